The predicted molar refractivity (Wildman–Crippen MR) is 64.0 cm³/mol. The van der Waals surface area contributed by atoms with Gasteiger partial charge < -0.3 is 9.84 Å². The van der Waals surface area contributed by atoms with Gasteiger partial charge in [0.15, 0.2) is 4.60 Å². The van der Waals surface area contributed by atoms with Crippen LogP contribution in [0.1, 0.15) is 38.5 Å². The predicted octanol–water partition coefficient (Wildman–Crippen LogP) is 1.82. The highest BCUT2D eigenvalue weighted by molar-refractivity contribution is 9.10. The van der Waals surface area contributed by atoms with E-state index in [0.29, 0.717) is 16.9 Å². The molecule has 0 spiro atoms. The molecule has 2 atom stereocenters. The first-order valence-corrected chi connectivity index (χ1v) is 6.25. The van der Waals surface area contributed by atoms with Crippen LogP contribution in [-0.4, -0.2) is 32.8 Å². The van der Waals surface area contributed by atoms with E-state index in [2.05, 4.69) is 33.2 Å². The molecule has 0 aliphatic carbocycles. The SMILES string of the molecule is CCCC(OCC)C(O)c1c(Br)nnn1C. The Hall–Kier alpha value is -0.460. The van der Waals surface area contributed by atoms with Gasteiger partial charge in [0.1, 0.15) is 11.8 Å². The molecule has 0 aromatic carbocycles. The van der Waals surface area contributed by atoms with Crippen LogP contribution in [0.2, 0.25) is 0 Å². The third-order valence-electron chi connectivity index (χ3n) is 2.41. The van der Waals surface area contributed by atoms with Crippen molar-refractivity contribution in [2.75, 3.05) is 6.61 Å². The molecule has 1 aromatic heterocycles. The smallest absolute Gasteiger partial charge is 0.154 e. The molecule has 0 radical (unpaired) electrons. The summed E-state index contributed by atoms with van der Waals surface area (Å²) in [6.07, 6.45) is 0.870. The molecule has 0 aliphatic heterocycles. The van der Waals surface area contributed by atoms with Crippen molar-refractivity contribution in [1.29, 1.82) is 0 Å². The minimum Gasteiger partial charge on any atom is -0.384 e. The summed E-state index contributed by atoms with van der Waals surface area (Å²) in [6.45, 7) is 4.58. The minimum atomic E-state index is -0.700. The number of aliphatic hydroxyl groups excluding tert-OH is 1. The molecule has 1 rings (SSSR count). The zero-order valence-corrected chi connectivity index (χ0v) is 11.4. The molecular formula is C10H18BrN3O2. The van der Waals surface area contributed by atoms with Crippen LogP contribution in [0.25, 0.3) is 0 Å². The van der Waals surface area contributed by atoms with Crippen molar-refractivity contribution in [3.05, 3.63) is 10.3 Å². The number of ether oxygens (including phenoxy) is 1. The van der Waals surface area contributed by atoms with Crippen LogP contribution in [0.5, 0.6) is 0 Å². The Bertz CT molecular complexity index is 304. The summed E-state index contributed by atoms with van der Waals surface area (Å²) >= 11 is 3.28. The Kier molecular flexibility index (Phi) is 5.37. The van der Waals surface area contributed by atoms with Gasteiger partial charge >= 0.3 is 0 Å². The van der Waals surface area contributed by atoms with E-state index in [1.54, 1.807) is 11.7 Å². The minimum absolute atomic E-state index is 0.205. The van der Waals surface area contributed by atoms with E-state index in [-0.39, 0.29) is 6.10 Å². The highest BCUT2D eigenvalue weighted by Crippen LogP contribution is 2.26. The number of nitrogens with zero attached hydrogens (tertiary/aromatic N) is 3. The average Bonchev–Trinajstić information content (AvgIpc) is 2.57. The van der Waals surface area contributed by atoms with Crippen LogP contribution in [0.3, 0.4) is 0 Å². The molecule has 0 amide bonds. The molecule has 0 aliphatic rings. The molecule has 0 saturated heterocycles. The zero-order chi connectivity index (χ0) is 12.1. The van der Waals surface area contributed by atoms with Gasteiger partial charge in [0.25, 0.3) is 0 Å². The molecule has 92 valence electrons. The van der Waals surface area contributed by atoms with Crippen molar-refractivity contribution in [3.8, 4) is 0 Å². The summed E-state index contributed by atoms with van der Waals surface area (Å²) in [5.41, 5.74) is 0.659. The quantitative estimate of drug-likeness (QED) is 0.868. The van der Waals surface area contributed by atoms with Gasteiger partial charge in [-0.3, -0.25) is 0 Å². The van der Waals surface area contributed by atoms with E-state index in [9.17, 15) is 5.11 Å². The molecule has 0 saturated carbocycles. The topological polar surface area (TPSA) is 60.2 Å². The van der Waals surface area contributed by atoms with Gasteiger partial charge in [0, 0.05) is 13.7 Å². The second-order valence-electron chi connectivity index (χ2n) is 3.62. The summed E-state index contributed by atoms with van der Waals surface area (Å²) < 4.78 is 7.68. The third-order valence-corrected chi connectivity index (χ3v) is 2.98. The van der Waals surface area contributed by atoms with Crippen LogP contribution < -0.4 is 0 Å². The lowest BCUT2D eigenvalue weighted by molar-refractivity contribution is -0.0419. The van der Waals surface area contributed by atoms with Crippen molar-refractivity contribution < 1.29 is 9.84 Å². The first-order chi connectivity index (χ1) is 7.61. The van der Waals surface area contributed by atoms with Crippen LogP contribution in [0.4, 0.5) is 0 Å². The summed E-state index contributed by atoms with van der Waals surface area (Å²) in [6, 6.07) is 0. The van der Waals surface area contributed by atoms with Crippen LogP contribution in [0, 0.1) is 0 Å². The highest BCUT2D eigenvalue weighted by atomic mass is 79.9. The number of aromatic nitrogens is 3. The Morgan fingerprint density at radius 2 is 2.19 bits per heavy atom. The van der Waals surface area contributed by atoms with Gasteiger partial charge in [0.05, 0.1) is 6.10 Å². The largest absolute Gasteiger partial charge is 0.384 e. The highest BCUT2D eigenvalue weighted by Gasteiger charge is 2.26. The standard InChI is InChI=1S/C10H18BrN3O2/c1-4-6-7(16-5-2)9(15)8-10(11)12-13-14(8)3/h7,9,15H,4-6H2,1-3H3. The second-order valence-corrected chi connectivity index (χ2v) is 4.37. The van der Waals surface area contributed by atoms with Crippen LogP contribution >= 0.6 is 15.9 Å². The molecule has 1 aromatic rings. The lowest BCUT2D eigenvalue weighted by atomic mass is 10.1. The fraction of sp³-hybridized carbons (Fsp3) is 0.800. The molecule has 6 heteroatoms. The van der Waals surface area contributed by atoms with Crippen molar-refractivity contribution in [1.82, 2.24) is 15.0 Å². The first-order valence-electron chi connectivity index (χ1n) is 5.46. The molecular weight excluding hydrogens is 274 g/mol. The van der Waals surface area contributed by atoms with E-state index in [0.717, 1.165) is 12.8 Å². The lowest BCUT2D eigenvalue weighted by Crippen LogP contribution is -2.24. The molecule has 1 N–H and O–H groups in total. The van der Waals surface area contributed by atoms with Gasteiger partial charge in [-0.2, -0.15) is 0 Å². The maximum atomic E-state index is 10.2. The number of hydrogen-bond acceptors (Lipinski definition) is 4. The van der Waals surface area contributed by atoms with Gasteiger partial charge in [0.2, 0.25) is 0 Å². The third kappa shape index (κ3) is 3.02. The second kappa shape index (κ2) is 6.32. The number of hydrogen-bond donors (Lipinski definition) is 1. The number of aryl methyl sites for hydroxylation is 1. The van der Waals surface area contributed by atoms with Gasteiger partial charge in [-0.25, -0.2) is 4.68 Å². The van der Waals surface area contributed by atoms with Crippen molar-refractivity contribution >= 4 is 15.9 Å². The lowest BCUT2D eigenvalue weighted by Gasteiger charge is -2.22. The van der Waals surface area contributed by atoms with Gasteiger partial charge in [-0.05, 0) is 29.3 Å². The molecule has 0 bridgehead atoms. The number of halogens is 1. The molecule has 0 fully saturated rings. The van der Waals surface area contributed by atoms with Crippen LogP contribution in [-0.2, 0) is 11.8 Å². The van der Waals surface area contributed by atoms with Gasteiger partial charge in [-0.1, -0.05) is 18.6 Å². The van der Waals surface area contributed by atoms with E-state index < -0.39 is 6.10 Å². The van der Waals surface area contributed by atoms with Crippen molar-refractivity contribution in [2.45, 2.75) is 38.9 Å². The molecule has 1 heterocycles. The van der Waals surface area contributed by atoms with Crippen LogP contribution in [0.15, 0.2) is 4.60 Å². The van der Waals surface area contributed by atoms with E-state index >= 15 is 0 Å². The Balaban J connectivity index is 2.84. The monoisotopic (exact) mass is 291 g/mol. The van der Waals surface area contributed by atoms with Gasteiger partial charge in [-0.15, -0.1) is 5.10 Å². The fourth-order valence-electron chi connectivity index (χ4n) is 1.66. The summed E-state index contributed by atoms with van der Waals surface area (Å²) in [4.78, 5) is 0. The summed E-state index contributed by atoms with van der Waals surface area (Å²) in [5, 5.41) is 17.9. The Labute approximate surface area is 104 Å². The van der Waals surface area contributed by atoms with E-state index in [1.165, 1.54) is 0 Å². The maximum absolute atomic E-state index is 10.2. The number of aliphatic hydroxyl groups is 1. The first kappa shape index (κ1) is 13.6. The zero-order valence-electron chi connectivity index (χ0n) is 9.85. The maximum Gasteiger partial charge on any atom is 0.154 e. The Morgan fingerprint density at radius 3 is 2.62 bits per heavy atom. The van der Waals surface area contributed by atoms with E-state index in [4.69, 9.17) is 4.74 Å². The Morgan fingerprint density at radius 1 is 1.50 bits per heavy atom. The normalized spacial score (nSPS) is 15.1. The number of rotatable bonds is 6. The van der Waals surface area contributed by atoms with Crippen molar-refractivity contribution in [2.24, 2.45) is 7.05 Å². The molecule has 2 unspecified atom stereocenters. The summed E-state index contributed by atoms with van der Waals surface area (Å²) in [7, 11) is 1.76. The molecule has 5 nitrogen and oxygen atoms in total. The summed E-state index contributed by atoms with van der Waals surface area (Å²) in [5.74, 6) is 0. The van der Waals surface area contributed by atoms with E-state index in [1.807, 2.05) is 6.92 Å². The fourth-order valence-corrected chi connectivity index (χ4v) is 2.22. The molecule has 16 heavy (non-hydrogen) atoms. The average molecular weight is 292 g/mol. The van der Waals surface area contributed by atoms with Crippen molar-refractivity contribution in [3.63, 3.8) is 0 Å².